The van der Waals surface area contributed by atoms with Gasteiger partial charge < -0.3 is 10.1 Å². The standard InChI is InChI=1S/C24H30N2O5S/c1-4-26(5-2)32(29,30)20-11-13-23(31-3)21(16-20)25-24(28)14-12-22(27)19-10-9-17-7-6-8-18(17)15-19/h9-11,13,15-16H,4-8,12,14H2,1-3H3,(H,25,28). The molecule has 0 fully saturated rings. The van der Waals surface area contributed by atoms with E-state index in [0.29, 0.717) is 24.4 Å². The number of rotatable bonds is 10. The monoisotopic (exact) mass is 458 g/mol. The molecule has 2 aromatic carbocycles. The van der Waals surface area contributed by atoms with Crippen LogP contribution in [0.3, 0.4) is 0 Å². The number of hydrogen-bond acceptors (Lipinski definition) is 5. The quantitative estimate of drug-likeness (QED) is 0.547. The molecule has 0 bridgehead atoms. The summed E-state index contributed by atoms with van der Waals surface area (Å²) < 4.78 is 32.2. The Hall–Kier alpha value is -2.71. The van der Waals surface area contributed by atoms with Crippen molar-refractivity contribution in [2.75, 3.05) is 25.5 Å². The van der Waals surface area contributed by atoms with Crippen molar-refractivity contribution in [1.29, 1.82) is 0 Å². The van der Waals surface area contributed by atoms with Crippen LogP contribution in [-0.4, -0.2) is 44.6 Å². The minimum atomic E-state index is -3.68. The molecule has 0 aromatic heterocycles. The Morgan fingerprint density at radius 3 is 2.41 bits per heavy atom. The molecular weight excluding hydrogens is 428 g/mol. The molecule has 0 aliphatic heterocycles. The first kappa shape index (κ1) is 23.9. The molecule has 1 aliphatic rings. The van der Waals surface area contributed by atoms with Crippen LogP contribution in [0.5, 0.6) is 5.75 Å². The van der Waals surface area contributed by atoms with Gasteiger partial charge in [-0.2, -0.15) is 4.31 Å². The molecule has 0 saturated heterocycles. The van der Waals surface area contributed by atoms with Gasteiger partial charge in [0, 0.05) is 31.5 Å². The van der Waals surface area contributed by atoms with E-state index in [1.54, 1.807) is 13.8 Å². The predicted octanol–water partition coefficient (Wildman–Crippen LogP) is 3.82. The van der Waals surface area contributed by atoms with E-state index in [4.69, 9.17) is 4.74 Å². The van der Waals surface area contributed by atoms with Crippen LogP contribution in [0.15, 0.2) is 41.3 Å². The highest BCUT2D eigenvalue weighted by molar-refractivity contribution is 7.89. The van der Waals surface area contributed by atoms with Gasteiger partial charge in [-0.3, -0.25) is 9.59 Å². The smallest absolute Gasteiger partial charge is 0.243 e. The van der Waals surface area contributed by atoms with Gasteiger partial charge in [-0.25, -0.2) is 8.42 Å². The fraction of sp³-hybridized carbons (Fsp3) is 0.417. The first-order valence-electron chi connectivity index (χ1n) is 10.9. The van der Waals surface area contributed by atoms with E-state index in [9.17, 15) is 18.0 Å². The zero-order valence-corrected chi connectivity index (χ0v) is 19.6. The third kappa shape index (κ3) is 5.19. The van der Waals surface area contributed by atoms with Crippen molar-refractivity contribution < 1.29 is 22.7 Å². The van der Waals surface area contributed by atoms with Gasteiger partial charge in [0.1, 0.15) is 5.75 Å². The number of sulfonamides is 1. The molecule has 2 aromatic rings. The fourth-order valence-electron chi connectivity index (χ4n) is 3.99. The van der Waals surface area contributed by atoms with Gasteiger partial charge in [0.15, 0.2) is 5.78 Å². The molecule has 7 nitrogen and oxygen atoms in total. The topological polar surface area (TPSA) is 92.8 Å². The zero-order valence-electron chi connectivity index (χ0n) is 18.8. The Bertz CT molecular complexity index is 1110. The number of ether oxygens (including phenoxy) is 1. The fourth-order valence-corrected chi connectivity index (χ4v) is 5.47. The summed E-state index contributed by atoms with van der Waals surface area (Å²) in [5.41, 5.74) is 3.40. The van der Waals surface area contributed by atoms with Crippen molar-refractivity contribution in [1.82, 2.24) is 4.31 Å². The maximum atomic E-state index is 12.8. The number of Topliss-reactive ketones (excluding diaryl/α,β-unsaturated/α-hetero) is 1. The van der Waals surface area contributed by atoms with Gasteiger partial charge >= 0.3 is 0 Å². The summed E-state index contributed by atoms with van der Waals surface area (Å²) >= 11 is 0. The van der Waals surface area contributed by atoms with E-state index in [2.05, 4.69) is 5.32 Å². The minimum Gasteiger partial charge on any atom is -0.495 e. The maximum absolute atomic E-state index is 12.8. The number of aryl methyl sites for hydroxylation is 2. The molecule has 0 radical (unpaired) electrons. The second-order valence-electron chi connectivity index (χ2n) is 7.76. The van der Waals surface area contributed by atoms with Crippen LogP contribution in [0.2, 0.25) is 0 Å². The summed E-state index contributed by atoms with van der Waals surface area (Å²) in [5.74, 6) is -0.114. The molecule has 1 amide bonds. The van der Waals surface area contributed by atoms with Crippen molar-refractivity contribution >= 4 is 27.4 Å². The number of nitrogens with one attached hydrogen (secondary N) is 1. The van der Waals surface area contributed by atoms with Crippen LogP contribution >= 0.6 is 0 Å². The van der Waals surface area contributed by atoms with Crippen LogP contribution < -0.4 is 10.1 Å². The summed E-state index contributed by atoms with van der Waals surface area (Å²) in [6.07, 6.45) is 3.22. The second-order valence-corrected chi connectivity index (χ2v) is 9.70. The molecule has 0 saturated carbocycles. The Morgan fingerprint density at radius 1 is 1.00 bits per heavy atom. The number of benzene rings is 2. The van der Waals surface area contributed by atoms with E-state index < -0.39 is 10.0 Å². The number of anilines is 1. The second kappa shape index (κ2) is 10.3. The van der Waals surface area contributed by atoms with Crippen molar-refractivity contribution in [3.8, 4) is 5.75 Å². The number of carbonyl (C=O) groups excluding carboxylic acids is 2. The molecule has 0 spiro atoms. The highest BCUT2D eigenvalue weighted by Crippen LogP contribution is 2.29. The molecule has 8 heteroatoms. The summed E-state index contributed by atoms with van der Waals surface area (Å²) in [6.45, 7) is 4.23. The lowest BCUT2D eigenvalue weighted by Gasteiger charge is -2.19. The summed E-state index contributed by atoms with van der Waals surface area (Å²) in [7, 11) is -2.23. The van der Waals surface area contributed by atoms with Gasteiger partial charge in [-0.1, -0.05) is 26.0 Å². The van der Waals surface area contributed by atoms with Crippen LogP contribution in [0, 0.1) is 0 Å². The van der Waals surface area contributed by atoms with Crippen molar-refractivity contribution in [3.63, 3.8) is 0 Å². The van der Waals surface area contributed by atoms with Crippen LogP contribution in [0.4, 0.5) is 5.69 Å². The lowest BCUT2D eigenvalue weighted by atomic mass is 10.0. The molecule has 3 rings (SSSR count). The normalized spacial score (nSPS) is 13.1. The summed E-state index contributed by atoms with van der Waals surface area (Å²) in [6, 6.07) is 10.1. The van der Waals surface area contributed by atoms with Gasteiger partial charge in [-0.15, -0.1) is 0 Å². The summed E-state index contributed by atoms with van der Waals surface area (Å²) in [4.78, 5) is 25.2. The van der Waals surface area contributed by atoms with Crippen LogP contribution in [0.1, 0.15) is 54.6 Å². The number of methoxy groups -OCH3 is 1. The molecular formula is C24H30N2O5S. The highest BCUT2D eigenvalue weighted by Gasteiger charge is 2.23. The summed E-state index contributed by atoms with van der Waals surface area (Å²) in [5, 5.41) is 2.70. The Labute approximate surface area is 189 Å². The molecule has 172 valence electrons. The maximum Gasteiger partial charge on any atom is 0.243 e. The number of nitrogens with zero attached hydrogens (tertiary/aromatic N) is 1. The molecule has 1 N–H and O–H groups in total. The van der Waals surface area contributed by atoms with E-state index in [0.717, 1.165) is 19.3 Å². The Morgan fingerprint density at radius 2 is 1.72 bits per heavy atom. The van der Waals surface area contributed by atoms with Crippen molar-refractivity contribution in [2.24, 2.45) is 0 Å². The molecule has 0 heterocycles. The number of amides is 1. The minimum absolute atomic E-state index is 0.00784. The van der Waals surface area contributed by atoms with Gasteiger partial charge in [0.25, 0.3) is 0 Å². The number of ketones is 1. The molecule has 32 heavy (non-hydrogen) atoms. The van der Waals surface area contributed by atoms with E-state index in [-0.39, 0.29) is 35.1 Å². The third-order valence-corrected chi connectivity index (χ3v) is 7.83. The lowest BCUT2D eigenvalue weighted by Crippen LogP contribution is -2.30. The van der Waals surface area contributed by atoms with Crippen molar-refractivity contribution in [2.45, 2.75) is 50.8 Å². The van der Waals surface area contributed by atoms with E-state index in [1.807, 2.05) is 18.2 Å². The lowest BCUT2D eigenvalue weighted by molar-refractivity contribution is -0.116. The molecule has 0 unspecified atom stereocenters. The van der Waals surface area contributed by atoms with Crippen LogP contribution in [-0.2, 0) is 27.7 Å². The predicted molar refractivity (Wildman–Crippen MR) is 124 cm³/mol. The third-order valence-electron chi connectivity index (χ3n) is 5.79. The SMILES string of the molecule is CCN(CC)S(=O)(=O)c1ccc(OC)c(NC(=O)CCC(=O)c2ccc3c(c2)CCC3)c1. The van der Waals surface area contributed by atoms with Gasteiger partial charge in [0.2, 0.25) is 15.9 Å². The molecule has 0 atom stereocenters. The van der Waals surface area contributed by atoms with E-state index in [1.165, 1.54) is 40.7 Å². The largest absolute Gasteiger partial charge is 0.495 e. The van der Waals surface area contributed by atoms with E-state index >= 15 is 0 Å². The highest BCUT2D eigenvalue weighted by atomic mass is 32.2. The average Bonchev–Trinajstić information content (AvgIpc) is 3.26. The Balaban J connectivity index is 1.69. The first-order chi connectivity index (χ1) is 15.3. The van der Waals surface area contributed by atoms with Crippen molar-refractivity contribution in [3.05, 3.63) is 53.1 Å². The Kier molecular flexibility index (Phi) is 7.69. The zero-order chi connectivity index (χ0) is 23.3. The number of fused-ring (bicyclic) bond motifs is 1. The van der Waals surface area contributed by atoms with Gasteiger partial charge in [-0.05, 0) is 54.7 Å². The first-order valence-corrected chi connectivity index (χ1v) is 12.4. The van der Waals surface area contributed by atoms with Gasteiger partial charge in [0.05, 0.1) is 17.7 Å². The number of hydrogen-bond donors (Lipinski definition) is 1. The van der Waals surface area contributed by atoms with Crippen LogP contribution in [0.25, 0.3) is 0 Å². The molecule has 1 aliphatic carbocycles. The number of carbonyl (C=O) groups is 2. The average molecular weight is 459 g/mol.